The average Bonchev–Trinajstić information content (AvgIpc) is 3.86. The van der Waals surface area contributed by atoms with Crippen molar-refractivity contribution in [1.82, 2.24) is 19.5 Å². The third-order valence-corrected chi connectivity index (χ3v) is 11.3. The van der Waals surface area contributed by atoms with Crippen LogP contribution < -0.4 is 0 Å². The summed E-state index contributed by atoms with van der Waals surface area (Å²) in [6.45, 7) is 2.14. The summed E-state index contributed by atoms with van der Waals surface area (Å²) in [5, 5.41) is 7.07. The van der Waals surface area contributed by atoms with E-state index in [2.05, 4.69) is 90.4 Å². The molecule has 4 heterocycles. The summed E-state index contributed by atoms with van der Waals surface area (Å²) in [7, 11) is 0. The molecule has 11 aromatic rings. The highest BCUT2D eigenvalue weighted by Gasteiger charge is 2.25. The molecule has 0 N–H and O–H groups in total. The number of hydrogen-bond donors (Lipinski definition) is 0. The van der Waals surface area contributed by atoms with E-state index in [-0.39, 0.29) is 0 Å². The highest BCUT2D eigenvalue weighted by atomic mass is 32.1. The highest BCUT2D eigenvalue weighted by molar-refractivity contribution is 7.25. The molecule has 0 radical (unpaired) electrons. The van der Waals surface area contributed by atoms with E-state index in [1.54, 1.807) is 0 Å². The predicted octanol–water partition coefficient (Wildman–Crippen LogP) is 12.5. The van der Waals surface area contributed by atoms with Crippen molar-refractivity contribution in [2.75, 3.05) is 0 Å². The van der Waals surface area contributed by atoms with Crippen LogP contribution in [-0.2, 0) is 0 Å². The van der Waals surface area contributed by atoms with Crippen molar-refractivity contribution in [3.63, 3.8) is 0 Å². The fourth-order valence-corrected chi connectivity index (χ4v) is 8.95. The van der Waals surface area contributed by atoms with Crippen LogP contribution in [-0.4, -0.2) is 19.5 Å². The number of para-hydroxylation sites is 2. The Bertz CT molecular complexity index is 3140. The lowest BCUT2D eigenvalue weighted by atomic mass is 10.0. The maximum absolute atomic E-state index is 6.88. The van der Waals surface area contributed by atoms with Crippen LogP contribution in [0.3, 0.4) is 0 Å². The fourth-order valence-electron chi connectivity index (χ4n) is 7.83. The molecule has 0 amide bonds. The molecule has 0 aliphatic heterocycles. The van der Waals surface area contributed by atoms with Gasteiger partial charge < -0.3 is 8.98 Å². The molecule has 7 aromatic carbocycles. The molecule has 52 heavy (non-hydrogen) atoms. The minimum atomic E-state index is 0.578. The Morgan fingerprint density at radius 3 is 1.87 bits per heavy atom. The smallest absolute Gasteiger partial charge is 0.168 e. The van der Waals surface area contributed by atoms with Crippen LogP contribution >= 0.6 is 11.3 Å². The number of aryl methyl sites for hydroxylation is 1. The van der Waals surface area contributed by atoms with Gasteiger partial charge in [-0.3, -0.25) is 0 Å². The summed E-state index contributed by atoms with van der Waals surface area (Å²) in [5.74, 6) is 1.81. The SMILES string of the molecule is Cc1cc(-n2c3ccccc3c3cc4sc5ccccc5c4cc32)c2c(oc3ccccc32)c1-c1nc(-c2ccccc2)nc(-c2ccccc2)n1. The van der Waals surface area contributed by atoms with E-state index in [9.17, 15) is 0 Å². The van der Waals surface area contributed by atoms with E-state index in [0.717, 1.165) is 60.9 Å². The van der Waals surface area contributed by atoms with Gasteiger partial charge in [0, 0.05) is 47.5 Å². The quantitative estimate of drug-likeness (QED) is 0.185. The van der Waals surface area contributed by atoms with Crippen molar-refractivity contribution in [2.45, 2.75) is 6.92 Å². The number of thiophene rings is 1. The normalized spacial score (nSPS) is 11.9. The number of rotatable bonds is 4. The third kappa shape index (κ3) is 4.31. The van der Waals surface area contributed by atoms with Crippen molar-refractivity contribution >= 4 is 75.3 Å². The lowest BCUT2D eigenvalue weighted by Gasteiger charge is -2.15. The summed E-state index contributed by atoms with van der Waals surface area (Å²) in [5.41, 5.74) is 8.67. The first-order valence-electron chi connectivity index (χ1n) is 17.4. The summed E-state index contributed by atoms with van der Waals surface area (Å²) in [6, 6.07) is 53.0. The van der Waals surface area contributed by atoms with E-state index in [1.165, 1.54) is 30.9 Å². The molecule has 0 saturated heterocycles. The molecule has 0 spiro atoms. The predicted molar refractivity (Wildman–Crippen MR) is 215 cm³/mol. The Balaban J connectivity index is 1.25. The van der Waals surface area contributed by atoms with Gasteiger partial charge in [-0.25, -0.2) is 15.0 Å². The standard InChI is InChI=1S/C46H28N4OS/c1-27-24-37(50-35-21-11-8-18-30(35)33-26-40-34(25-36(33)50)31-19-10-13-23-39(31)52-40)42-32-20-9-12-22-38(32)51-43(42)41(27)46-48-44(28-14-4-2-5-15-28)47-45(49-46)29-16-6-3-7-17-29/h2-26H,1H3. The molecule has 11 rings (SSSR count). The van der Waals surface area contributed by atoms with Crippen molar-refractivity contribution in [3.8, 4) is 39.9 Å². The Kier molecular flexibility index (Phi) is 6.27. The molecule has 0 unspecified atom stereocenters. The molecule has 5 nitrogen and oxygen atoms in total. The van der Waals surface area contributed by atoms with Crippen LogP contribution in [0.25, 0.3) is 104 Å². The maximum Gasteiger partial charge on any atom is 0.168 e. The zero-order valence-corrected chi connectivity index (χ0v) is 28.9. The number of hydrogen-bond acceptors (Lipinski definition) is 5. The second kappa shape index (κ2) is 11.2. The van der Waals surface area contributed by atoms with Crippen molar-refractivity contribution in [2.24, 2.45) is 0 Å². The second-order valence-corrected chi connectivity index (χ2v) is 14.3. The Hall–Kier alpha value is -6.63. The number of fused-ring (bicyclic) bond motifs is 9. The summed E-state index contributed by atoms with van der Waals surface area (Å²) in [6.07, 6.45) is 0. The molecule has 0 aliphatic carbocycles. The van der Waals surface area contributed by atoms with Crippen molar-refractivity contribution < 1.29 is 4.42 Å². The summed E-state index contributed by atoms with van der Waals surface area (Å²) < 4.78 is 11.9. The van der Waals surface area contributed by atoms with Crippen LogP contribution in [0.5, 0.6) is 0 Å². The van der Waals surface area contributed by atoms with Crippen LogP contribution in [0.4, 0.5) is 0 Å². The molecule has 0 fully saturated rings. The number of benzene rings is 7. The fraction of sp³-hybridized carbons (Fsp3) is 0.0217. The van der Waals surface area contributed by atoms with E-state index >= 15 is 0 Å². The monoisotopic (exact) mass is 684 g/mol. The zero-order chi connectivity index (χ0) is 34.3. The largest absolute Gasteiger partial charge is 0.455 e. The van der Waals surface area contributed by atoms with Gasteiger partial charge in [-0.1, -0.05) is 115 Å². The topological polar surface area (TPSA) is 56.7 Å². The van der Waals surface area contributed by atoms with E-state index in [0.29, 0.717) is 17.5 Å². The van der Waals surface area contributed by atoms with Crippen LogP contribution in [0, 0.1) is 6.92 Å². The molecule has 0 atom stereocenters. The Morgan fingerprint density at radius 2 is 1.12 bits per heavy atom. The summed E-state index contributed by atoms with van der Waals surface area (Å²) >= 11 is 1.85. The van der Waals surface area contributed by atoms with E-state index < -0.39 is 0 Å². The first kappa shape index (κ1) is 29.1. The molecular formula is C46H28N4OS. The Morgan fingerprint density at radius 1 is 0.500 bits per heavy atom. The highest BCUT2D eigenvalue weighted by Crippen LogP contribution is 2.45. The van der Waals surface area contributed by atoms with Gasteiger partial charge in [-0.05, 0) is 48.9 Å². The van der Waals surface area contributed by atoms with Crippen LogP contribution in [0.1, 0.15) is 5.56 Å². The average molecular weight is 685 g/mol. The molecule has 4 aromatic heterocycles. The lowest BCUT2D eigenvalue weighted by Crippen LogP contribution is -2.03. The maximum atomic E-state index is 6.88. The minimum absolute atomic E-state index is 0.578. The van der Waals surface area contributed by atoms with Gasteiger partial charge in [0.15, 0.2) is 17.5 Å². The third-order valence-electron chi connectivity index (χ3n) is 10.2. The van der Waals surface area contributed by atoms with Gasteiger partial charge in [0.25, 0.3) is 0 Å². The minimum Gasteiger partial charge on any atom is -0.455 e. The van der Waals surface area contributed by atoms with Gasteiger partial charge in [0.2, 0.25) is 0 Å². The zero-order valence-electron chi connectivity index (χ0n) is 28.0. The molecule has 0 aliphatic rings. The van der Waals surface area contributed by atoms with Crippen LogP contribution in [0.2, 0.25) is 0 Å². The number of nitrogens with zero attached hydrogens (tertiary/aromatic N) is 4. The van der Waals surface area contributed by atoms with Gasteiger partial charge in [0.05, 0.1) is 27.7 Å². The van der Waals surface area contributed by atoms with Gasteiger partial charge in [-0.2, -0.15) is 0 Å². The van der Waals surface area contributed by atoms with E-state index in [4.69, 9.17) is 19.4 Å². The molecular weight excluding hydrogens is 657 g/mol. The van der Waals surface area contributed by atoms with Crippen LogP contribution in [0.15, 0.2) is 156 Å². The molecule has 0 bridgehead atoms. The molecule has 6 heteroatoms. The number of aromatic nitrogens is 4. The first-order chi connectivity index (χ1) is 25.7. The summed E-state index contributed by atoms with van der Waals surface area (Å²) in [4.78, 5) is 15.2. The Labute approximate surface area is 302 Å². The lowest BCUT2D eigenvalue weighted by molar-refractivity contribution is 0.669. The van der Waals surface area contributed by atoms with Crippen molar-refractivity contribution in [3.05, 3.63) is 157 Å². The second-order valence-electron chi connectivity index (χ2n) is 13.2. The van der Waals surface area contributed by atoms with E-state index in [1.807, 2.05) is 84.1 Å². The van der Waals surface area contributed by atoms with Gasteiger partial charge in [-0.15, -0.1) is 11.3 Å². The molecule has 244 valence electrons. The van der Waals surface area contributed by atoms with Gasteiger partial charge >= 0.3 is 0 Å². The van der Waals surface area contributed by atoms with Crippen molar-refractivity contribution in [1.29, 1.82) is 0 Å². The molecule has 0 saturated carbocycles. The first-order valence-corrected chi connectivity index (χ1v) is 18.2. The van der Waals surface area contributed by atoms with Gasteiger partial charge in [0.1, 0.15) is 11.2 Å². The number of furan rings is 1.